The summed E-state index contributed by atoms with van der Waals surface area (Å²) in [6, 6.07) is 41.1. The monoisotopic (exact) mass is 369 g/mol. The summed E-state index contributed by atoms with van der Waals surface area (Å²) < 4.78 is 5.58. The number of methoxy groups -OCH3 is 1. The van der Waals surface area contributed by atoms with Crippen LogP contribution in [0, 0.1) is 0 Å². The van der Waals surface area contributed by atoms with Gasteiger partial charge in [0, 0.05) is 6.07 Å². The Labute approximate surface area is 161 Å². The summed E-state index contributed by atoms with van der Waals surface area (Å²) in [5, 5.41) is 5.33. The van der Waals surface area contributed by atoms with E-state index >= 15 is 0 Å². The van der Waals surface area contributed by atoms with Crippen molar-refractivity contribution >= 4 is 28.5 Å². The van der Waals surface area contributed by atoms with Gasteiger partial charge in [0.1, 0.15) is 34.2 Å². The molecule has 0 unspecified atom stereocenters. The van der Waals surface area contributed by atoms with Crippen molar-refractivity contribution in [2.75, 3.05) is 7.11 Å². The van der Waals surface area contributed by atoms with Gasteiger partial charge in [-0.2, -0.15) is 0 Å². The van der Waals surface area contributed by atoms with Crippen molar-refractivity contribution in [3.05, 3.63) is 115 Å². The van der Waals surface area contributed by atoms with Gasteiger partial charge in [0.15, 0.2) is 0 Å². The molecule has 0 aliphatic rings. The van der Waals surface area contributed by atoms with Crippen molar-refractivity contribution in [1.29, 1.82) is 0 Å². The van der Waals surface area contributed by atoms with Crippen molar-refractivity contribution in [2.24, 2.45) is 0 Å². The second-order valence-electron chi connectivity index (χ2n) is 6.38. The molecule has 0 N–H and O–H groups in total. The molecule has 2 heteroatoms. The quantitative estimate of drug-likeness (QED) is 0.476. The van der Waals surface area contributed by atoms with E-state index in [-0.39, 0.29) is 0 Å². The first-order valence-electron chi connectivity index (χ1n) is 9.06. The Balaban J connectivity index is 2.12. The second-order valence-corrected chi connectivity index (χ2v) is 9.79. The Morgan fingerprint density at radius 3 is 1.30 bits per heavy atom. The van der Waals surface area contributed by atoms with Crippen LogP contribution < -0.4 is 26.0 Å². The van der Waals surface area contributed by atoms with E-state index in [1.54, 1.807) is 7.11 Å². The number of hydrogen-bond acceptors (Lipinski definition) is 1. The summed E-state index contributed by atoms with van der Waals surface area (Å²) in [5.41, 5.74) is 0. The molecule has 0 atom stereocenters. The smallest absolute Gasteiger partial charge is 0.144 e. The van der Waals surface area contributed by atoms with Gasteiger partial charge in [-0.15, -0.1) is 0 Å². The number of rotatable bonds is 5. The molecule has 0 amide bonds. The van der Waals surface area contributed by atoms with Crippen molar-refractivity contribution in [3.63, 3.8) is 0 Å². The fourth-order valence-corrected chi connectivity index (χ4v) is 7.95. The molecule has 27 heavy (non-hydrogen) atoms. The van der Waals surface area contributed by atoms with Crippen LogP contribution in [0.3, 0.4) is 0 Å². The van der Waals surface area contributed by atoms with Crippen LogP contribution in [0.4, 0.5) is 0 Å². The van der Waals surface area contributed by atoms with E-state index in [1.165, 1.54) is 21.2 Å². The predicted molar refractivity (Wildman–Crippen MR) is 118 cm³/mol. The minimum absolute atomic E-state index is 0.889. The van der Waals surface area contributed by atoms with Gasteiger partial charge >= 0.3 is 0 Å². The molecule has 0 aliphatic heterocycles. The van der Waals surface area contributed by atoms with Crippen LogP contribution in [0.2, 0.25) is 0 Å². The van der Waals surface area contributed by atoms with Crippen LogP contribution in [0.15, 0.2) is 115 Å². The van der Waals surface area contributed by atoms with Gasteiger partial charge in [-0.05, 0) is 48.5 Å². The lowest BCUT2D eigenvalue weighted by atomic mass is 10.3. The Morgan fingerprint density at radius 2 is 0.889 bits per heavy atom. The van der Waals surface area contributed by atoms with Crippen LogP contribution in [0.1, 0.15) is 0 Å². The zero-order chi connectivity index (χ0) is 18.5. The number of ether oxygens (including phenoxy) is 1. The van der Waals surface area contributed by atoms with Crippen LogP contribution in [-0.2, 0) is 0 Å². The molecule has 4 aromatic carbocycles. The third-order valence-electron chi connectivity index (χ3n) is 4.87. The van der Waals surface area contributed by atoms with Crippen molar-refractivity contribution in [1.82, 2.24) is 0 Å². The minimum atomic E-state index is -2.03. The summed E-state index contributed by atoms with van der Waals surface area (Å²) in [4.78, 5) is 0. The molecule has 0 bridgehead atoms. The van der Waals surface area contributed by atoms with Gasteiger partial charge < -0.3 is 4.74 Å². The molecule has 0 saturated heterocycles. The third-order valence-corrected chi connectivity index (χ3v) is 9.14. The molecule has 4 aromatic rings. The first-order valence-corrected chi connectivity index (χ1v) is 10.8. The minimum Gasteiger partial charge on any atom is -0.497 e. The lowest BCUT2D eigenvalue weighted by molar-refractivity contribution is 0.415. The fourth-order valence-electron chi connectivity index (χ4n) is 3.67. The van der Waals surface area contributed by atoms with Crippen molar-refractivity contribution in [2.45, 2.75) is 0 Å². The van der Waals surface area contributed by atoms with E-state index in [0.29, 0.717) is 0 Å². The van der Waals surface area contributed by atoms with Crippen LogP contribution in [0.5, 0.6) is 5.75 Å². The molecular weight excluding hydrogens is 347 g/mol. The molecule has 132 valence electrons. The predicted octanol–water partition coefficient (Wildman–Crippen LogP) is 4.31. The summed E-state index contributed by atoms with van der Waals surface area (Å²) in [6.45, 7) is 0. The number of hydrogen-bond donors (Lipinski definition) is 0. The first kappa shape index (κ1) is 17.5. The first-order chi connectivity index (χ1) is 13.4. The Kier molecular flexibility index (Phi) is 5.05. The van der Waals surface area contributed by atoms with Gasteiger partial charge in [-0.1, -0.05) is 60.7 Å². The molecule has 0 fully saturated rings. The maximum Gasteiger partial charge on any atom is 0.144 e. The zero-order valence-corrected chi connectivity index (χ0v) is 16.2. The molecule has 0 heterocycles. The van der Waals surface area contributed by atoms with Crippen molar-refractivity contribution < 1.29 is 4.74 Å². The van der Waals surface area contributed by atoms with E-state index in [2.05, 4.69) is 109 Å². The average molecular weight is 369 g/mol. The molecule has 0 aromatic heterocycles. The lowest BCUT2D eigenvalue weighted by Gasteiger charge is -2.27. The van der Waals surface area contributed by atoms with Gasteiger partial charge in [0.25, 0.3) is 0 Å². The molecule has 1 nitrogen and oxygen atoms in total. The number of benzene rings is 4. The van der Waals surface area contributed by atoms with Crippen molar-refractivity contribution in [3.8, 4) is 5.75 Å². The summed E-state index contributed by atoms with van der Waals surface area (Å²) in [6.07, 6.45) is 0. The molecule has 4 rings (SSSR count). The average Bonchev–Trinajstić information content (AvgIpc) is 2.77. The molecule has 0 spiro atoms. The van der Waals surface area contributed by atoms with E-state index in [0.717, 1.165) is 5.75 Å². The SMILES string of the molecule is COc1cccc([P+](c2ccccc2)(c2ccccc2)c2ccccc2)c1. The van der Waals surface area contributed by atoms with E-state index in [4.69, 9.17) is 4.74 Å². The van der Waals surface area contributed by atoms with E-state index in [9.17, 15) is 0 Å². The normalized spacial score (nSPS) is 11.1. The molecule has 0 saturated carbocycles. The maximum atomic E-state index is 5.58. The van der Waals surface area contributed by atoms with Gasteiger partial charge in [0.2, 0.25) is 0 Å². The highest BCUT2D eigenvalue weighted by atomic mass is 31.2. The highest BCUT2D eigenvalue weighted by Crippen LogP contribution is 2.54. The fraction of sp³-hybridized carbons (Fsp3) is 0.0400. The van der Waals surface area contributed by atoms with Crippen LogP contribution in [-0.4, -0.2) is 7.11 Å². The third kappa shape index (κ3) is 3.16. The Morgan fingerprint density at radius 1 is 0.481 bits per heavy atom. The van der Waals surface area contributed by atoms with Gasteiger partial charge in [0.05, 0.1) is 7.11 Å². The van der Waals surface area contributed by atoms with E-state index in [1.807, 2.05) is 6.07 Å². The standard InChI is InChI=1S/C25H22OP/c1-26-21-12-11-19-25(20-21)27(22-13-5-2-6-14-22,23-15-7-3-8-16-23)24-17-9-4-10-18-24/h2-20H,1H3/q+1. The zero-order valence-electron chi connectivity index (χ0n) is 15.3. The molecule has 0 radical (unpaired) electrons. The molecule has 0 aliphatic carbocycles. The van der Waals surface area contributed by atoms with Gasteiger partial charge in [-0.3, -0.25) is 0 Å². The largest absolute Gasteiger partial charge is 0.497 e. The Bertz CT molecular complexity index is 901. The summed E-state index contributed by atoms with van der Waals surface area (Å²) >= 11 is 0. The van der Waals surface area contributed by atoms with Crippen LogP contribution in [0.25, 0.3) is 0 Å². The Hall–Kier alpha value is -2.89. The topological polar surface area (TPSA) is 9.23 Å². The summed E-state index contributed by atoms with van der Waals surface area (Å²) in [7, 11) is -0.297. The van der Waals surface area contributed by atoms with Gasteiger partial charge in [-0.25, -0.2) is 0 Å². The molecular formula is C25H22OP+. The summed E-state index contributed by atoms with van der Waals surface area (Å²) in [5.74, 6) is 0.889. The lowest BCUT2D eigenvalue weighted by Crippen LogP contribution is -2.38. The highest BCUT2D eigenvalue weighted by molar-refractivity contribution is 8.01. The second kappa shape index (κ2) is 7.78. The maximum absolute atomic E-state index is 5.58. The van der Waals surface area contributed by atoms with Crippen LogP contribution >= 0.6 is 7.26 Å². The van der Waals surface area contributed by atoms with E-state index < -0.39 is 7.26 Å². The highest BCUT2D eigenvalue weighted by Gasteiger charge is 2.47.